The van der Waals surface area contributed by atoms with Gasteiger partial charge in [0.2, 0.25) is 15.9 Å². The van der Waals surface area contributed by atoms with Crippen LogP contribution in [0.4, 0.5) is 0 Å². The molecule has 0 saturated heterocycles. The van der Waals surface area contributed by atoms with Crippen LogP contribution in [0.15, 0.2) is 58.5 Å². The fourth-order valence-corrected chi connectivity index (χ4v) is 4.50. The lowest BCUT2D eigenvalue weighted by molar-refractivity contribution is -0.119. The number of rotatable bonds is 7. The molecule has 1 amide bonds. The van der Waals surface area contributed by atoms with Gasteiger partial charge < -0.3 is 5.32 Å². The highest BCUT2D eigenvalue weighted by atomic mass is 32.2. The van der Waals surface area contributed by atoms with Crippen molar-refractivity contribution in [1.82, 2.24) is 15.3 Å². The number of nitrogens with one attached hydrogen (secondary N) is 1. The second kappa shape index (κ2) is 8.33. The second-order valence-corrected chi connectivity index (χ2v) is 9.90. The Balaban J connectivity index is 1.42. The Morgan fingerprint density at radius 1 is 1.17 bits per heavy atom. The molecule has 1 aliphatic rings. The van der Waals surface area contributed by atoms with E-state index in [1.165, 1.54) is 23.9 Å². The highest BCUT2D eigenvalue weighted by Gasteiger charge is 2.27. The van der Waals surface area contributed by atoms with Crippen LogP contribution in [-0.4, -0.2) is 30.0 Å². The Bertz CT molecular complexity index is 1190. The summed E-state index contributed by atoms with van der Waals surface area (Å²) >= 11 is 1.40. The number of sulfonamides is 1. The van der Waals surface area contributed by atoms with Gasteiger partial charge in [0.1, 0.15) is 10.9 Å². The van der Waals surface area contributed by atoms with E-state index in [1.807, 2.05) is 31.2 Å². The lowest BCUT2D eigenvalue weighted by Gasteiger charge is -2.15. The summed E-state index contributed by atoms with van der Waals surface area (Å²) in [5.41, 5.74) is 1.70. The molecule has 1 atom stereocenters. The minimum absolute atomic E-state index is 0.0439. The molecule has 3 aromatic rings. The van der Waals surface area contributed by atoms with Crippen LogP contribution in [0.25, 0.3) is 10.9 Å². The molecule has 0 radical (unpaired) electrons. The van der Waals surface area contributed by atoms with Gasteiger partial charge in [-0.15, -0.1) is 0 Å². The summed E-state index contributed by atoms with van der Waals surface area (Å²) < 4.78 is 22.7. The quantitative estimate of drug-likeness (QED) is 0.429. The smallest absolute Gasteiger partial charge is 0.238 e. The third kappa shape index (κ3) is 4.80. The van der Waals surface area contributed by atoms with E-state index in [1.54, 1.807) is 12.1 Å². The van der Waals surface area contributed by atoms with E-state index >= 15 is 0 Å². The van der Waals surface area contributed by atoms with Gasteiger partial charge in [-0.1, -0.05) is 42.1 Å². The summed E-state index contributed by atoms with van der Waals surface area (Å²) in [6.45, 7) is 1.85. The van der Waals surface area contributed by atoms with Crippen molar-refractivity contribution in [3.05, 3.63) is 59.9 Å². The molecule has 156 valence electrons. The number of para-hydroxylation sites is 1. The zero-order valence-corrected chi connectivity index (χ0v) is 18.0. The zero-order chi connectivity index (χ0) is 21.3. The van der Waals surface area contributed by atoms with Crippen LogP contribution in [0.5, 0.6) is 0 Å². The fraction of sp³-hybridized carbons (Fsp3) is 0.286. The average Bonchev–Trinajstić information content (AvgIpc) is 3.56. The van der Waals surface area contributed by atoms with E-state index in [-0.39, 0.29) is 22.6 Å². The summed E-state index contributed by atoms with van der Waals surface area (Å²) in [6.07, 6.45) is 2.23. The number of nitrogens with zero attached hydrogens (tertiary/aromatic N) is 2. The number of benzene rings is 2. The summed E-state index contributed by atoms with van der Waals surface area (Å²) in [5.74, 6) is 1.40. The normalized spacial score (nSPS) is 15.1. The molecule has 3 N–H and O–H groups in total. The van der Waals surface area contributed by atoms with Gasteiger partial charge >= 0.3 is 0 Å². The summed E-state index contributed by atoms with van der Waals surface area (Å²) in [5, 5.41) is 9.83. The van der Waals surface area contributed by atoms with Crippen molar-refractivity contribution in [2.45, 2.75) is 41.6 Å². The van der Waals surface area contributed by atoms with E-state index in [0.717, 1.165) is 40.2 Å². The monoisotopic (exact) mass is 442 g/mol. The van der Waals surface area contributed by atoms with Crippen LogP contribution in [0.1, 0.15) is 43.1 Å². The Kier molecular flexibility index (Phi) is 5.77. The predicted molar refractivity (Wildman–Crippen MR) is 117 cm³/mol. The summed E-state index contributed by atoms with van der Waals surface area (Å²) in [7, 11) is -3.73. The van der Waals surface area contributed by atoms with Crippen LogP contribution in [0.2, 0.25) is 0 Å². The largest absolute Gasteiger partial charge is 0.349 e. The fourth-order valence-electron chi connectivity index (χ4n) is 3.15. The second-order valence-electron chi connectivity index (χ2n) is 7.37. The van der Waals surface area contributed by atoms with Crippen molar-refractivity contribution in [2.24, 2.45) is 5.14 Å². The minimum atomic E-state index is -3.73. The average molecular weight is 443 g/mol. The van der Waals surface area contributed by atoms with Crippen molar-refractivity contribution in [3.63, 3.8) is 0 Å². The van der Waals surface area contributed by atoms with E-state index in [2.05, 4.69) is 10.3 Å². The molecule has 9 heteroatoms. The highest BCUT2D eigenvalue weighted by molar-refractivity contribution is 8.00. The third-order valence-corrected chi connectivity index (χ3v) is 6.87. The standard InChI is InChI=1S/C21H22N4O3S2/c1-13(14-8-10-16(11-9-14)30(22,27)28)23-19(26)12-29-21-17-4-2-3-5-18(17)24-20(25-21)15-6-7-15/h2-5,8-11,13,15H,6-7,12H2,1H3,(H,23,26)(H2,22,27,28). The van der Waals surface area contributed by atoms with E-state index in [0.29, 0.717) is 5.92 Å². The van der Waals surface area contributed by atoms with Crippen LogP contribution < -0.4 is 10.5 Å². The van der Waals surface area contributed by atoms with Crippen molar-refractivity contribution >= 4 is 38.6 Å². The molecule has 2 aromatic carbocycles. The Labute approximate surface area is 179 Å². The van der Waals surface area contributed by atoms with Gasteiger partial charge in [0.15, 0.2) is 0 Å². The number of fused-ring (bicyclic) bond motifs is 1. The third-order valence-electron chi connectivity index (χ3n) is 4.95. The molecular weight excluding hydrogens is 420 g/mol. The predicted octanol–water partition coefficient (Wildman–Crippen LogP) is 3.12. The maximum absolute atomic E-state index is 12.5. The number of thioether (sulfide) groups is 1. The molecule has 1 heterocycles. The first kappa shape index (κ1) is 20.8. The van der Waals surface area contributed by atoms with Gasteiger partial charge in [-0.3, -0.25) is 4.79 Å². The van der Waals surface area contributed by atoms with Gasteiger partial charge in [-0.2, -0.15) is 0 Å². The van der Waals surface area contributed by atoms with Gasteiger partial charge in [-0.05, 0) is 43.5 Å². The van der Waals surface area contributed by atoms with Crippen LogP contribution in [-0.2, 0) is 14.8 Å². The maximum Gasteiger partial charge on any atom is 0.238 e. The molecular formula is C21H22N4O3S2. The molecule has 0 aliphatic heterocycles. The number of aromatic nitrogens is 2. The Hall–Kier alpha value is -2.49. The summed E-state index contributed by atoms with van der Waals surface area (Å²) in [4.78, 5) is 21.9. The van der Waals surface area contributed by atoms with Crippen molar-refractivity contribution in [2.75, 3.05) is 5.75 Å². The molecule has 1 aliphatic carbocycles. The highest BCUT2D eigenvalue weighted by Crippen LogP contribution is 2.39. The number of carbonyl (C=O) groups is 1. The molecule has 1 unspecified atom stereocenters. The molecule has 4 rings (SSSR count). The molecule has 1 saturated carbocycles. The van der Waals surface area contributed by atoms with Crippen LogP contribution in [0.3, 0.4) is 0 Å². The van der Waals surface area contributed by atoms with Gasteiger partial charge in [-0.25, -0.2) is 23.5 Å². The summed E-state index contributed by atoms with van der Waals surface area (Å²) in [6, 6.07) is 13.8. The number of nitrogens with two attached hydrogens (primary N) is 1. The molecule has 1 fully saturated rings. The number of primary sulfonamides is 1. The van der Waals surface area contributed by atoms with Gasteiger partial charge in [0, 0.05) is 11.3 Å². The molecule has 0 spiro atoms. The van der Waals surface area contributed by atoms with Gasteiger partial charge in [0.25, 0.3) is 0 Å². The SMILES string of the molecule is CC(NC(=O)CSc1nc(C2CC2)nc2ccccc12)c1ccc(S(N)(=O)=O)cc1. The number of hydrogen-bond donors (Lipinski definition) is 2. The van der Waals surface area contributed by atoms with E-state index < -0.39 is 10.0 Å². The van der Waals surface area contributed by atoms with Gasteiger partial charge in [0.05, 0.1) is 22.2 Å². The van der Waals surface area contributed by atoms with E-state index in [9.17, 15) is 13.2 Å². The first-order chi connectivity index (χ1) is 14.3. The number of amides is 1. The van der Waals surface area contributed by atoms with E-state index in [4.69, 9.17) is 10.1 Å². The lowest BCUT2D eigenvalue weighted by atomic mass is 10.1. The Morgan fingerprint density at radius 3 is 2.53 bits per heavy atom. The van der Waals surface area contributed by atoms with Crippen molar-refractivity contribution in [3.8, 4) is 0 Å². The number of hydrogen-bond acceptors (Lipinski definition) is 6. The maximum atomic E-state index is 12.5. The molecule has 30 heavy (non-hydrogen) atoms. The first-order valence-corrected chi connectivity index (χ1v) is 12.2. The Morgan fingerprint density at radius 2 is 1.87 bits per heavy atom. The van der Waals surface area contributed by atoms with Crippen molar-refractivity contribution < 1.29 is 13.2 Å². The molecule has 7 nitrogen and oxygen atoms in total. The minimum Gasteiger partial charge on any atom is -0.349 e. The van der Waals surface area contributed by atoms with Crippen LogP contribution >= 0.6 is 11.8 Å². The first-order valence-electron chi connectivity index (χ1n) is 9.63. The molecule has 0 bridgehead atoms. The lowest BCUT2D eigenvalue weighted by Crippen LogP contribution is -2.28. The zero-order valence-electron chi connectivity index (χ0n) is 16.4. The van der Waals surface area contributed by atoms with Crippen molar-refractivity contribution in [1.29, 1.82) is 0 Å². The van der Waals surface area contributed by atoms with Crippen LogP contribution in [0, 0.1) is 0 Å². The number of carbonyl (C=O) groups excluding carboxylic acids is 1. The topological polar surface area (TPSA) is 115 Å². The molecule has 1 aromatic heterocycles.